The molecule has 0 spiro atoms. The van der Waals surface area contributed by atoms with Crippen LogP contribution in [0.5, 0.6) is 0 Å². The molecule has 32 heavy (non-hydrogen) atoms. The van der Waals surface area contributed by atoms with Crippen molar-refractivity contribution in [2.24, 2.45) is 5.92 Å². The van der Waals surface area contributed by atoms with Crippen molar-refractivity contribution in [3.63, 3.8) is 0 Å². The molecule has 0 aliphatic heterocycles. The van der Waals surface area contributed by atoms with Crippen LogP contribution in [0.3, 0.4) is 0 Å². The van der Waals surface area contributed by atoms with Gasteiger partial charge in [-0.05, 0) is 78.1 Å². The van der Waals surface area contributed by atoms with Gasteiger partial charge in [-0.1, -0.05) is 49.4 Å². The number of carboxylic acid groups (broad SMARTS) is 1. The van der Waals surface area contributed by atoms with Gasteiger partial charge in [-0.15, -0.1) is 0 Å². The zero-order valence-electron chi connectivity index (χ0n) is 18.2. The van der Waals surface area contributed by atoms with Gasteiger partial charge >= 0.3 is 5.97 Å². The van der Waals surface area contributed by atoms with Gasteiger partial charge in [0.1, 0.15) is 12.4 Å². The number of amides is 1. The number of nitrogens with one attached hydrogen (secondary N) is 1. The van der Waals surface area contributed by atoms with E-state index in [1.165, 1.54) is 11.1 Å². The van der Waals surface area contributed by atoms with Gasteiger partial charge in [0.25, 0.3) is 5.91 Å². The summed E-state index contributed by atoms with van der Waals surface area (Å²) in [5.41, 5.74) is 2.91. The molecule has 2 unspecified atom stereocenters. The maximum atomic E-state index is 14.2. The molecule has 0 bridgehead atoms. The summed E-state index contributed by atoms with van der Waals surface area (Å²) in [5.74, 6) is -0.175. The van der Waals surface area contributed by atoms with E-state index >= 15 is 0 Å². The highest BCUT2D eigenvalue weighted by atomic mass is 19.1. The zero-order valence-corrected chi connectivity index (χ0v) is 18.2. The number of hydrogen-bond acceptors (Lipinski definition) is 2. The smallest absolute Gasteiger partial charge is 0.322 e. The Morgan fingerprint density at radius 1 is 1.03 bits per heavy atom. The van der Waals surface area contributed by atoms with Gasteiger partial charge in [-0.2, -0.15) is 0 Å². The first-order chi connectivity index (χ1) is 15.4. The minimum atomic E-state index is -1.06. The number of carboxylic acids is 1. The van der Waals surface area contributed by atoms with Crippen LogP contribution in [0.2, 0.25) is 0 Å². The first kappa shape index (κ1) is 22.0. The fraction of sp³-hybridized carbons (Fsp3) is 0.333. The number of halogens is 1. The molecule has 3 aromatic rings. The van der Waals surface area contributed by atoms with Gasteiger partial charge in [0, 0.05) is 10.9 Å². The number of benzene rings is 3. The summed E-state index contributed by atoms with van der Waals surface area (Å²) in [7, 11) is 0. The lowest BCUT2D eigenvalue weighted by Gasteiger charge is -2.19. The standard InChI is InChI=1S/C27H28FNO3/c1-17(22-12-13-25(28)24-5-3-2-4-23(22)24)14-18-6-7-21(15-18)19-8-10-20(11-9-19)27(32)29-16-26(30)31/h2-5,8-13,17-18,21H,6-7,14-16H2,1H3,(H,29,32)(H,30,31)/t17-,18?,21?/m0/s1. The molecule has 0 heterocycles. The molecular weight excluding hydrogens is 405 g/mol. The van der Waals surface area contributed by atoms with Crippen LogP contribution < -0.4 is 5.32 Å². The summed E-state index contributed by atoms with van der Waals surface area (Å²) in [5, 5.41) is 12.8. The van der Waals surface area contributed by atoms with E-state index in [0.29, 0.717) is 28.7 Å². The zero-order chi connectivity index (χ0) is 22.7. The SMILES string of the molecule is C[C@@H](CC1CCC(c2ccc(C(=O)NCC(=O)O)cc2)C1)c1ccc(F)c2ccccc12. The lowest BCUT2D eigenvalue weighted by molar-refractivity contribution is -0.135. The lowest BCUT2D eigenvalue weighted by atomic mass is 9.86. The van der Waals surface area contributed by atoms with Crippen LogP contribution in [-0.4, -0.2) is 23.5 Å². The van der Waals surface area contributed by atoms with E-state index in [-0.39, 0.29) is 18.3 Å². The molecule has 4 rings (SSSR count). The molecule has 1 saturated carbocycles. The van der Waals surface area contributed by atoms with E-state index in [2.05, 4.69) is 12.2 Å². The molecule has 5 heteroatoms. The molecule has 3 aromatic carbocycles. The van der Waals surface area contributed by atoms with E-state index < -0.39 is 5.97 Å². The molecule has 4 nitrogen and oxygen atoms in total. The molecule has 1 aliphatic rings. The van der Waals surface area contributed by atoms with Gasteiger partial charge in [0.15, 0.2) is 0 Å². The summed E-state index contributed by atoms with van der Waals surface area (Å²) in [6.45, 7) is 1.85. The molecule has 0 radical (unpaired) electrons. The highest BCUT2D eigenvalue weighted by Crippen LogP contribution is 2.43. The molecule has 3 atom stereocenters. The number of fused-ring (bicyclic) bond motifs is 1. The lowest BCUT2D eigenvalue weighted by Crippen LogP contribution is -2.29. The van der Waals surface area contributed by atoms with Crippen molar-refractivity contribution in [3.05, 3.63) is 83.2 Å². The first-order valence-electron chi connectivity index (χ1n) is 11.2. The molecule has 2 N–H and O–H groups in total. The highest BCUT2D eigenvalue weighted by molar-refractivity contribution is 5.95. The van der Waals surface area contributed by atoms with Crippen LogP contribution in [0, 0.1) is 11.7 Å². The third-order valence-corrected chi connectivity index (χ3v) is 6.71. The predicted molar refractivity (Wildman–Crippen MR) is 123 cm³/mol. The Balaban J connectivity index is 1.38. The van der Waals surface area contributed by atoms with Gasteiger partial charge in [-0.3, -0.25) is 9.59 Å². The van der Waals surface area contributed by atoms with Crippen molar-refractivity contribution in [3.8, 4) is 0 Å². The summed E-state index contributed by atoms with van der Waals surface area (Å²) in [6.07, 6.45) is 4.46. The molecule has 0 aromatic heterocycles. The third kappa shape index (κ3) is 4.82. The van der Waals surface area contributed by atoms with Crippen LogP contribution in [0.4, 0.5) is 4.39 Å². The Morgan fingerprint density at radius 3 is 2.47 bits per heavy atom. The number of rotatable bonds is 7. The van der Waals surface area contributed by atoms with Crippen molar-refractivity contribution >= 4 is 22.6 Å². The third-order valence-electron chi connectivity index (χ3n) is 6.71. The summed E-state index contributed by atoms with van der Waals surface area (Å²) in [6, 6.07) is 18.7. The number of carbonyl (C=O) groups excluding carboxylic acids is 1. The Bertz CT molecular complexity index is 1130. The average Bonchev–Trinajstić information content (AvgIpc) is 3.26. The highest BCUT2D eigenvalue weighted by Gasteiger charge is 2.28. The van der Waals surface area contributed by atoms with Crippen LogP contribution in [0.25, 0.3) is 10.8 Å². The van der Waals surface area contributed by atoms with Crippen LogP contribution in [-0.2, 0) is 4.79 Å². The molecule has 1 amide bonds. The second-order valence-corrected chi connectivity index (χ2v) is 8.89. The number of carbonyl (C=O) groups is 2. The largest absolute Gasteiger partial charge is 0.480 e. The fourth-order valence-corrected chi connectivity index (χ4v) is 5.10. The summed E-state index contributed by atoms with van der Waals surface area (Å²) < 4.78 is 14.2. The van der Waals surface area contributed by atoms with E-state index in [9.17, 15) is 14.0 Å². The van der Waals surface area contributed by atoms with E-state index in [0.717, 1.165) is 31.1 Å². The van der Waals surface area contributed by atoms with Gasteiger partial charge < -0.3 is 10.4 Å². The minimum absolute atomic E-state index is 0.169. The van der Waals surface area contributed by atoms with Gasteiger partial charge in [-0.25, -0.2) is 4.39 Å². The monoisotopic (exact) mass is 433 g/mol. The summed E-state index contributed by atoms with van der Waals surface area (Å²) in [4.78, 5) is 22.6. The van der Waals surface area contributed by atoms with Crippen molar-refractivity contribution in [2.75, 3.05) is 6.54 Å². The molecule has 0 saturated heterocycles. The minimum Gasteiger partial charge on any atom is -0.480 e. The quantitative estimate of drug-likeness (QED) is 0.490. The summed E-state index contributed by atoms with van der Waals surface area (Å²) >= 11 is 0. The normalized spacial score (nSPS) is 19.1. The number of hydrogen-bond donors (Lipinski definition) is 2. The topological polar surface area (TPSA) is 66.4 Å². The Hall–Kier alpha value is -3.21. The van der Waals surface area contributed by atoms with Gasteiger partial charge in [0.05, 0.1) is 0 Å². The maximum Gasteiger partial charge on any atom is 0.322 e. The predicted octanol–water partition coefficient (Wildman–Crippen LogP) is 5.87. The van der Waals surface area contributed by atoms with Crippen molar-refractivity contribution in [2.45, 2.75) is 44.4 Å². The molecule has 1 fully saturated rings. The van der Waals surface area contributed by atoms with Crippen molar-refractivity contribution in [1.29, 1.82) is 0 Å². The first-order valence-corrected chi connectivity index (χ1v) is 11.2. The fourth-order valence-electron chi connectivity index (χ4n) is 5.10. The van der Waals surface area contributed by atoms with E-state index in [1.807, 2.05) is 42.5 Å². The molecular formula is C27H28FNO3. The van der Waals surface area contributed by atoms with Crippen molar-refractivity contribution < 1.29 is 19.1 Å². The second-order valence-electron chi connectivity index (χ2n) is 8.89. The average molecular weight is 434 g/mol. The Morgan fingerprint density at radius 2 is 1.75 bits per heavy atom. The maximum absolute atomic E-state index is 14.2. The molecule has 166 valence electrons. The Labute approximate surface area is 187 Å². The second kappa shape index (κ2) is 9.51. The molecule has 1 aliphatic carbocycles. The van der Waals surface area contributed by atoms with Crippen LogP contribution in [0.15, 0.2) is 60.7 Å². The van der Waals surface area contributed by atoms with E-state index in [4.69, 9.17) is 5.11 Å². The van der Waals surface area contributed by atoms with Crippen molar-refractivity contribution in [1.82, 2.24) is 5.32 Å². The van der Waals surface area contributed by atoms with Crippen LogP contribution in [0.1, 0.15) is 65.9 Å². The Kier molecular flexibility index (Phi) is 6.54. The number of aliphatic carboxylic acids is 1. The van der Waals surface area contributed by atoms with Crippen LogP contribution >= 0.6 is 0 Å². The van der Waals surface area contributed by atoms with Gasteiger partial charge in [0.2, 0.25) is 0 Å². The van der Waals surface area contributed by atoms with E-state index in [1.54, 1.807) is 18.2 Å².